The molecule has 1 aromatic carbocycles. The van der Waals surface area contributed by atoms with Gasteiger partial charge in [0.1, 0.15) is 0 Å². The van der Waals surface area contributed by atoms with Gasteiger partial charge in [-0.05, 0) is 24.3 Å². The summed E-state index contributed by atoms with van der Waals surface area (Å²) in [4.78, 5) is 34.7. The smallest absolute Gasteiger partial charge is 0.346 e. The number of hydrogen-bond donors (Lipinski definition) is 1. The molecule has 0 aliphatic carbocycles. The summed E-state index contributed by atoms with van der Waals surface area (Å²) in [6.45, 7) is 0. The maximum Gasteiger partial charge on any atom is 0.346 e. The van der Waals surface area contributed by atoms with Crippen LogP contribution in [0.2, 0.25) is 0 Å². The Balaban J connectivity index is 2.68. The SMILES string of the molecule is CN(C)c1ccc(C(=O)OC(=O)/C=C/C(=O)O)cc1. The highest BCUT2D eigenvalue weighted by Gasteiger charge is 2.11. The van der Waals surface area contributed by atoms with Crippen molar-refractivity contribution in [1.29, 1.82) is 0 Å². The summed E-state index contributed by atoms with van der Waals surface area (Å²) in [5.74, 6) is -3.14. The van der Waals surface area contributed by atoms with E-state index in [0.29, 0.717) is 12.2 Å². The number of carboxylic acids is 1. The van der Waals surface area contributed by atoms with Crippen LogP contribution in [-0.2, 0) is 14.3 Å². The van der Waals surface area contributed by atoms with E-state index in [1.807, 2.05) is 19.0 Å². The molecule has 0 amide bonds. The number of carbonyl (C=O) groups excluding carboxylic acids is 2. The van der Waals surface area contributed by atoms with Gasteiger partial charge in [-0.25, -0.2) is 14.4 Å². The molecule has 0 aliphatic rings. The van der Waals surface area contributed by atoms with Crippen molar-refractivity contribution < 1.29 is 24.2 Å². The minimum atomic E-state index is -1.29. The normalized spacial score (nSPS) is 10.2. The summed E-state index contributed by atoms with van der Waals surface area (Å²) < 4.78 is 4.45. The zero-order chi connectivity index (χ0) is 14.4. The molecule has 0 bridgehead atoms. The lowest BCUT2D eigenvalue weighted by atomic mass is 10.2. The second-order valence-corrected chi connectivity index (χ2v) is 3.82. The molecule has 100 valence electrons. The Morgan fingerprint density at radius 1 is 1.11 bits per heavy atom. The van der Waals surface area contributed by atoms with E-state index < -0.39 is 17.9 Å². The van der Waals surface area contributed by atoms with Crippen molar-refractivity contribution in [3.8, 4) is 0 Å². The van der Waals surface area contributed by atoms with Crippen LogP contribution >= 0.6 is 0 Å². The molecular weight excluding hydrogens is 250 g/mol. The van der Waals surface area contributed by atoms with E-state index >= 15 is 0 Å². The molecule has 0 spiro atoms. The van der Waals surface area contributed by atoms with Crippen LogP contribution < -0.4 is 4.90 Å². The van der Waals surface area contributed by atoms with Crippen molar-refractivity contribution in [3.63, 3.8) is 0 Å². The summed E-state index contributed by atoms with van der Waals surface area (Å²) in [7, 11) is 3.71. The number of anilines is 1. The van der Waals surface area contributed by atoms with Crippen LogP contribution in [0.5, 0.6) is 0 Å². The van der Waals surface area contributed by atoms with Crippen LogP contribution in [0.4, 0.5) is 5.69 Å². The van der Waals surface area contributed by atoms with Gasteiger partial charge in [0.2, 0.25) is 0 Å². The van der Waals surface area contributed by atoms with Crippen LogP contribution in [0.15, 0.2) is 36.4 Å². The maximum atomic E-state index is 11.5. The molecule has 0 aromatic heterocycles. The minimum Gasteiger partial charge on any atom is -0.478 e. The van der Waals surface area contributed by atoms with Gasteiger partial charge in [0.05, 0.1) is 5.56 Å². The van der Waals surface area contributed by atoms with Crippen molar-refractivity contribution in [3.05, 3.63) is 42.0 Å². The van der Waals surface area contributed by atoms with Gasteiger partial charge in [-0.1, -0.05) is 0 Å². The number of aliphatic carboxylic acids is 1. The van der Waals surface area contributed by atoms with Crippen LogP contribution in [0.1, 0.15) is 10.4 Å². The summed E-state index contributed by atoms with van der Waals surface area (Å²) in [5.41, 5.74) is 1.11. The zero-order valence-electron chi connectivity index (χ0n) is 10.5. The first-order chi connectivity index (χ1) is 8.90. The molecule has 0 aliphatic heterocycles. The van der Waals surface area contributed by atoms with Gasteiger partial charge in [-0.15, -0.1) is 0 Å². The van der Waals surface area contributed by atoms with Gasteiger partial charge in [-0.2, -0.15) is 0 Å². The van der Waals surface area contributed by atoms with Gasteiger partial charge < -0.3 is 14.7 Å². The van der Waals surface area contributed by atoms with Crippen molar-refractivity contribution in [1.82, 2.24) is 0 Å². The second-order valence-electron chi connectivity index (χ2n) is 3.82. The number of benzene rings is 1. The molecule has 0 saturated heterocycles. The first-order valence-electron chi connectivity index (χ1n) is 5.34. The standard InChI is InChI=1S/C13H13NO5/c1-14(2)10-5-3-9(4-6-10)13(18)19-12(17)8-7-11(15)16/h3-8H,1-2H3,(H,15,16)/b8-7+. The third kappa shape index (κ3) is 4.63. The molecule has 0 unspecified atom stereocenters. The number of carbonyl (C=O) groups is 3. The Hall–Kier alpha value is -2.63. The minimum absolute atomic E-state index is 0.211. The van der Waals surface area contributed by atoms with Gasteiger partial charge in [0, 0.05) is 31.9 Å². The summed E-state index contributed by atoms with van der Waals surface area (Å²) in [6.07, 6.45) is 1.28. The Morgan fingerprint density at radius 2 is 1.68 bits per heavy atom. The van der Waals surface area contributed by atoms with Gasteiger partial charge in [0.25, 0.3) is 0 Å². The fourth-order valence-corrected chi connectivity index (χ4v) is 1.22. The number of esters is 2. The molecule has 1 rings (SSSR count). The fourth-order valence-electron chi connectivity index (χ4n) is 1.22. The average Bonchev–Trinajstić information content (AvgIpc) is 2.36. The topological polar surface area (TPSA) is 83.9 Å². The van der Waals surface area contributed by atoms with Gasteiger partial charge >= 0.3 is 17.9 Å². The highest BCUT2D eigenvalue weighted by Crippen LogP contribution is 2.12. The number of rotatable bonds is 4. The lowest BCUT2D eigenvalue weighted by Gasteiger charge is -2.12. The van der Waals surface area contributed by atoms with E-state index in [-0.39, 0.29) is 5.56 Å². The lowest BCUT2D eigenvalue weighted by molar-refractivity contribution is -0.134. The number of nitrogens with zero attached hydrogens (tertiary/aromatic N) is 1. The van der Waals surface area contributed by atoms with Gasteiger partial charge in [0.15, 0.2) is 0 Å². The molecule has 1 N–H and O–H groups in total. The van der Waals surface area contributed by atoms with E-state index in [4.69, 9.17) is 5.11 Å². The third-order valence-corrected chi connectivity index (χ3v) is 2.17. The molecule has 0 saturated carbocycles. The molecule has 0 radical (unpaired) electrons. The Bertz CT molecular complexity index is 516. The Kier molecular flexibility index (Phi) is 4.82. The third-order valence-electron chi connectivity index (χ3n) is 2.17. The second kappa shape index (κ2) is 6.34. The van der Waals surface area contributed by atoms with E-state index in [0.717, 1.165) is 5.69 Å². The van der Waals surface area contributed by atoms with Crippen molar-refractivity contribution in [2.45, 2.75) is 0 Å². The summed E-state index contributed by atoms with van der Waals surface area (Å²) >= 11 is 0. The molecule has 0 fully saturated rings. The fraction of sp³-hybridized carbons (Fsp3) is 0.154. The highest BCUT2D eigenvalue weighted by atomic mass is 16.6. The molecule has 0 atom stereocenters. The van der Waals surface area contributed by atoms with Crippen molar-refractivity contribution in [2.24, 2.45) is 0 Å². The predicted octanol–water partition coefficient (Wildman–Crippen LogP) is 1.08. The van der Waals surface area contributed by atoms with Crippen LogP contribution in [-0.4, -0.2) is 37.1 Å². The molecule has 6 nitrogen and oxygen atoms in total. The maximum absolute atomic E-state index is 11.5. The highest BCUT2D eigenvalue weighted by molar-refractivity contribution is 6.01. The molecular formula is C13H13NO5. The van der Waals surface area contributed by atoms with Crippen molar-refractivity contribution >= 4 is 23.6 Å². The predicted molar refractivity (Wildman–Crippen MR) is 68.0 cm³/mol. The van der Waals surface area contributed by atoms with Gasteiger partial charge in [-0.3, -0.25) is 0 Å². The summed E-state index contributed by atoms with van der Waals surface area (Å²) in [6, 6.07) is 6.44. The summed E-state index contributed by atoms with van der Waals surface area (Å²) in [5, 5.41) is 8.31. The van der Waals surface area contributed by atoms with Crippen LogP contribution in [0.25, 0.3) is 0 Å². The van der Waals surface area contributed by atoms with E-state index in [1.54, 1.807) is 12.1 Å². The van der Waals surface area contributed by atoms with E-state index in [2.05, 4.69) is 4.74 Å². The zero-order valence-corrected chi connectivity index (χ0v) is 10.5. The van der Waals surface area contributed by atoms with Crippen LogP contribution in [0.3, 0.4) is 0 Å². The molecule has 0 heterocycles. The van der Waals surface area contributed by atoms with E-state index in [1.165, 1.54) is 12.1 Å². The average molecular weight is 263 g/mol. The molecule has 1 aromatic rings. The first-order valence-corrected chi connectivity index (χ1v) is 5.34. The van der Waals surface area contributed by atoms with E-state index in [9.17, 15) is 14.4 Å². The molecule has 19 heavy (non-hydrogen) atoms. The Morgan fingerprint density at radius 3 is 2.16 bits per heavy atom. The lowest BCUT2D eigenvalue weighted by Crippen LogP contribution is -2.12. The molecule has 6 heteroatoms. The number of carboxylic acid groups (broad SMARTS) is 1. The van der Waals surface area contributed by atoms with Crippen molar-refractivity contribution in [2.75, 3.05) is 19.0 Å². The monoisotopic (exact) mass is 263 g/mol. The largest absolute Gasteiger partial charge is 0.478 e. The Labute approximate surface area is 109 Å². The van der Waals surface area contributed by atoms with Crippen LogP contribution in [0, 0.1) is 0 Å². The number of hydrogen-bond acceptors (Lipinski definition) is 5. The quantitative estimate of drug-likeness (QED) is 0.497. The first kappa shape index (κ1) is 14.4. The number of ether oxygens (including phenoxy) is 1.